The fraction of sp³-hybridized carbons (Fsp3) is 0.462. The van der Waals surface area contributed by atoms with Gasteiger partial charge < -0.3 is 14.9 Å². The molecule has 0 saturated carbocycles. The van der Waals surface area contributed by atoms with Crippen LogP contribution in [0.5, 0.6) is 0 Å². The van der Waals surface area contributed by atoms with Gasteiger partial charge in [-0.25, -0.2) is 9.50 Å². The number of likely N-dealkylation sites (tertiary alicyclic amines) is 1. The average molecular weight is 275 g/mol. The Kier molecular flexibility index (Phi) is 3.15. The summed E-state index contributed by atoms with van der Waals surface area (Å²) >= 11 is 0. The largest absolute Gasteiger partial charge is 0.390 e. The minimum atomic E-state index is -0.524. The Morgan fingerprint density at radius 1 is 1.45 bits per heavy atom. The zero-order valence-corrected chi connectivity index (χ0v) is 11.5. The molecule has 0 aromatic carbocycles. The highest BCUT2D eigenvalue weighted by Gasteiger charge is 2.36. The Morgan fingerprint density at radius 2 is 2.25 bits per heavy atom. The van der Waals surface area contributed by atoms with Gasteiger partial charge >= 0.3 is 0 Å². The van der Waals surface area contributed by atoms with Crippen molar-refractivity contribution >= 4 is 11.6 Å². The van der Waals surface area contributed by atoms with Gasteiger partial charge in [-0.15, -0.1) is 0 Å². The molecule has 2 aromatic rings. The van der Waals surface area contributed by atoms with Crippen molar-refractivity contribution in [2.45, 2.75) is 12.1 Å². The quantitative estimate of drug-likeness (QED) is 0.798. The molecule has 1 aliphatic heterocycles. The van der Waals surface area contributed by atoms with Crippen LogP contribution in [0.3, 0.4) is 0 Å². The molecule has 0 spiro atoms. The number of fused-ring (bicyclic) bond motifs is 1. The maximum absolute atomic E-state index is 12.5. The molecule has 1 saturated heterocycles. The van der Waals surface area contributed by atoms with Crippen molar-refractivity contribution in [2.75, 3.05) is 27.2 Å². The summed E-state index contributed by atoms with van der Waals surface area (Å²) in [5.41, 5.74) is 1.01. The van der Waals surface area contributed by atoms with Crippen molar-refractivity contribution in [3.8, 4) is 0 Å². The summed E-state index contributed by atoms with van der Waals surface area (Å²) in [6, 6.07) is 1.73. The van der Waals surface area contributed by atoms with Gasteiger partial charge in [-0.05, 0) is 20.2 Å². The summed E-state index contributed by atoms with van der Waals surface area (Å²) < 4.78 is 1.57. The van der Waals surface area contributed by atoms with Crippen LogP contribution < -0.4 is 0 Å². The maximum atomic E-state index is 12.5. The molecule has 0 aliphatic carbocycles. The molecule has 1 amide bonds. The second-order valence-corrected chi connectivity index (χ2v) is 5.25. The van der Waals surface area contributed by atoms with Crippen molar-refractivity contribution in [1.82, 2.24) is 24.4 Å². The number of aromatic nitrogens is 3. The van der Waals surface area contributed by atoms with Gasteiger partial charge in [0.1, 0.15) is 5.56 Å². The number of hydrogen-bond acceptors (Lipinski definition) is 5. The van der Waals surface area contributed by atoms with Crippen LogP contribution in [0.1, 0.15) is 10.4 Å². The molecule has 2 atom stereocenters. The third-order valence-electron chi connectivity index (χ3n) is 3.72. The van der Waals surface area contributed by atoms with E-state index in [9.17, 15) is 9.90 Å². The first kappa shape index (κ1) is 13.0. The molecule has 3 rings (SSSR count). The number of likely N-dealkylation sites (N-methyl/N-ethyl adjacent to an activating group) is 1. The maximum Gasteiger partial charge on any atom is 0.259 e. The summed E-state index contributed by atoms with van der Waals surface area (Å²) in [5, 5.41) is 14.1. The summed E-state index contributed by atoms with van der Waals surface area (Å²) in [4.78, 5) is 20.3. The molecular formula is C13H17N5O2. The van der Waals surface area contributed by atoms with E-state index in [-0.39, 0.29) is 11.9 Å². The third kappa shape index (κ3) is 2.04. The molecular weight excluding hydrogens is 258 g/mol. The third-order valence-corrected chi connectivity index (χ3v) is 3.72. The molecule has 7 nitrogen and oxygen atoms in total. The number of rotatable bonds is 2. The molecule has 1 N–H and O–H groups in total. The highest BCUT2D eigenvalue weighted by molar-refractivity contribution is 5.99. The van der Waals surface area contributed by atoms with E-state index in [1.165, 1.54) is 6.20 Å². The lowest BCUT2D eigenvalue weighted by Gasteiger charge is -2.21. The molecule has 0 bridgehead atoms. The van der Waals surface area contributed by atoms with Crippen LogP contribution in [-0.4, -0.2) is 74.7 Å². The Labute approximate surface area is 116 Å². The molecule has 7 heteroatoms. The first-order valence-corrected chi connectivity index (χ1v) is 6.50. The van der Waals surface area contributed by atoms with Crippen LogP contribution in [0.4, 0.5) is 0 Å². The topological polar surface area (TPSA) is 74.0 Å². The molecule has 3 heterocycles. The predicted octanol–water partition coefficient (Wildman–Crippen LogP) is -0.524. The first-order chi connectivity index (χ1) is 9.58. The smallest absolute Gasteiger partial charge is 0.259 e. The fourth-order valence-electron chi connectivity index (χ4n) is 2.59. The van der Waals surface area contributed by atoms with E-state index in [1.807, 2.05) is 19.0 Å². The Morgan fingerprint density at radius 3 is 2.95 bits per heavy atom. The van der Waals surface area contributed by atoms with Crippen LogP contribution in [0.15, 0.2) is 24.7 Å². The number of carbonyl (C=O) groups is 1. The van der Waals surface area contributed by atoms with Crippen LogP contribution in [0.25, 0.3) is 5.65 Å². The number of β-amino-alcohol motifs (C(OH)–C–C–N with tert-alkyl or cyclic N) is 1. The second-order valence-electron chi connectivity index (χ2n) is 5.25. The highest BCUT2D eigenvalue weighted by Crippen LogP contribution is 2.18. The lowest BCUT2D eigenvalue weighted by atomic mass is 10.2. The van der Waals surface area contributed by atoms with Crippen LogP contribution in [-0.2, 0) is 0 Å². The average Bonchev–Trinajstić information content (AvgIpc) is 3.01. The summed E-state index contributed by atoms with van der Waals surface area (Å²) in [7, 11) is 3.80. The van der Waals surface area contributed by atoms with Crippen LogP contribution in [0, 0.1) is 0 Å². The molecule has 1 aliphatic rings. The van der Waals surface area contributed by atoms with Gasteiger partial charge in [0.2, 0.25) is 0 Å². The number of nitrogens with zero attached hydrogens (tertiary/aromatic N) is 5. The summed E-state index contributed by atoms with van der Waals surface area (Å²) in [6.45, 7) is 0.850. The van der Waals surface area contributed by atoms with Crippen molar-refractivity contribution in [2.24, 2.45) is 0 Å². The van der Waals surface area contributed by atoms with E-state index in [1.54, 1.807) is 27.9 Å². The Bertz CT molecular complexity index is 638. The number of amides is 1. The number of aliphatic hydroxyl groups excluding tert-OH is 1. The lowest BCUT2D eigenvalue weighted by Crippen LogP contribution is -2.38. The molecule has 0 unspecified atom stereocenters. The predicted molar refractivity (Wildman–Crippen MR) is 72.4 cm³/mol. The summed E-state index contributed by atoms with van der Waals surface area (Å²) in [5.74, 6) is -0.137. The minimum absolute atomic E-state index is 0.0336. The molecule has 1 fully saturated rings. The molecule has 2 aromatic heterocycles. The van der Waals surface area contributed by atoms with E-state index < -0.39 is 6.10 Å². The first-order valence-electron chi connectivity index (χ1n) is 6.50. The number of carbonyl (C=O) groups excluding carboxylic acids is 1. The standard InChI is InChI=1S/C13H17N5O2/c1-16(2)10-7-17(8-11(10)19)13(20)9-6-15-18-5-3-4-14-12(9)18/h3-6,10-11,19H,7-8H2,1-2H3/t10-,11-/m1/s1. The molecule has 0 radical (unpaired) electrons. The van der Waals surface area contributed by atoms with Crippen molar-refractivity contribution < 1.29 is 9.90 Å². The number of hydrogen-bond donors (Lipinski definition) is 1. The van der Waals surface area contributed by atoms with Crippen LogP contribution in [0.2, 0.25) is 0 Å². The zero-order chi connectivity index (χ0) is 14.3. The Hall–Kier alpha value is -1.99. The fourth-order valence-corrected chi connectivity index (χ4v) is 2.59. The van der Waals surface area contributed by atoms with Gasteiger partial charge in [0.05, 0.1) is 18.3 Å². The zero-order valence-electron chi connectivity index (χ0n) is 11.5. The van der Waals surface area contributed by atoms with E-state index in [0.29, 0.717) is 24.3 Å². The van der Waals surface area contributed by atoms with Gasteiger partial charge in [-0.1, -0.05) is 0 Å². The highest BCUT2D eigenvalue weighted by atomic mass is 16.3. The van der Waals surface area contributed by atoms with E-state index in [2.05, 4.69) is 10.1 Å². The normalized spacial score (nSPS) is 22.9. The van der Waals surface area contributed by atoms with E-state index in [0.717, 1.165) is 0 Å². The number of aliphatic hydroxyl groups is 1. The second kappa shape index (κ2) is 4.84. The van der Waals surface area contributed by atoms with Crippen molar-refractivity contribution in [3.05, 3.63) is 30.2 Å². The Balaban J connectivity index is 1.87. The van der Waals surface area contributed by atoms with Crippen LogP contribution >= 0.6 is 0 Å². The van der Waals surface area contributed by atoms with Gasteiger partial charge in [-0.2, -0.15) is 5.10 Å². The van der Waals surface area contributed by atoms with E-state index >= 15 is 0 Å². The van der Waals surface area contributed by atoms with Gasteiger partial charge in [-0.3, -0.25) is 4.79 Å². The van der Waals surface area contributed by atoms with Gasteiger partial charge in [0.25, 0.3) is 5.91 Å². The van der Waals surface area contributed by atoms with Gasteiger partial charge in [0, 0.05) is 25.5 Å². The summed E-state index contributed by atoms with van der Waals surface area (Å²) in [6.07, 6.45) is 4.39. The molecule has 106 valence electrons. The minimum Gasteiger partial charge on any atom is -0.390 e. The monoisotopic (exact) mass is 275 g/mol. The van der Waals surface area contributed by atoms with Crippen molar-refractivity contribution in [3.63, 3.8) is 0 Å². The van der Waals surface area contributed by atoms with Gasteiger partial charge in [0.15, 0.2) is 5.65 Å². The molecule has 20 heavy (non-hydrogen) atoms. The lowest BCUT2D eigenvalue weighted by molar-refractivity contribution is 0.0765. The van der Waals surface area contributed by atoms with Crippen molar-refractivity contribution in [1.29, 1.82) is 0 Å². The SMILES string of the molecule is CN(C)[C@@H]1CN(C(=O)c2cnn3cccnc23)C[C@H]1O. The van der Waals surface area contributed by atoms with E-state index in [4.69, 9.17) is 0 Å².